The molecule has 4 heterocycles. The standard InChI is InChI=1S/C15H15N7/c1-9(2)12-6-11-5-10(3-4-21(11)20-12)13-7-17-15-14(16)18-8-19-22(13)15/h3-9H,1-2H3,(H2,16,18,19). The van der Waals surface area contributed by atoms with Crippen LogP contribution in [-0.4, -0.2) is 29.2 Å². The van der Waals surface area contributed by atoms with E-state index >= 15 is 0 Å². The zero-order chi connectivity index (χ0) is 15.3. The lowest BCUT2D eigenvalue weighted by molar-refractivity contribution is 0.788. The van der Waals surface area contributed by atoms with Crippen LogP contribution in [0.15, 0.2) is 36.9 Å². The second-order valence-corrected chi connectivity index (χ2v) is 5.53. The zero-order valence-corrected chi connectivity index (χ0v) is 12.3. The van der Waals surface area contributed by atoms with Crippen molar-refractivity contribution in [1.29, 1.82) is 0 Å². The smallest absolute Gasteiger partial charge is 0.197 e. The first kappa shape index (κ1) is 12.8. The average Bonchev–Trinajstić information content (AvgIpc) is 3.11. The molecule has 0 aromatic carbocycles. The summed E-state index contributed by atoms with van der Waals surface area (Å²) in [7, 11) is 0. The second-order valence-electron chi connectivity index (χ2n) is 5.53. The van der Waals surface area contributed by atoms with Gasteiger partial charge in [-0.25, -0.2) is 19.0 Å². The Balaban J connectivity index is 1.90. The Morgan fingerprint density at radius 3 is 2.86 bits per heavy atom. The molecule has 4 rings (SSSR count). The highest BCUT2D eigenvalue weighted by atomic mass is 15.3. The van der Waals surface area contributed by atoms with E-state index in [0.29, 0.717) is 17.4 Å². The SMILES string of the molecule is CC(C)c1cc2cc(-c3cnc4c(N)ncnn34)ccn2n1. The summed E-state index contributed by atoms with van der Waals surface area (Å²) in [6.45, 7) is 4.26. The number of rotatable bonds is 2. The van der Waals surface area contributed by atoms with Crippen LogP contribution < -0.4 is 5.73 Å². The lowest BCUT2D eigenvalue weighted by atomic mass is 10.1. The fourth-order valence-corrected chi connectivity index (χ4v) is 2.49. The van der Waals surface area contributed by atoms with Crippen LogP contribution in [0.3, 0.4) is 0 Å². The number of hydrogen-bond acceptors (Lipinski definition) is 5. The van der Waals surface area contributed by atoms with Crippen molar-refractivity contribution in [2.24, 2.45) is 0 Å². The van der Waals surface area contributed by atoms with Crippen molar-refractivity contribution in [3.63, 3.8) is 0 Å². The molecule has 2 N–H and O–H groups in total. The number of imidazole rings is 1. The number of aromatic nitrogens is 6. The van der Waals surface area contributed by atoms with Crippen LogP contribution in [0.25, 0.3) is 22.4 Å². The molecule has 0 aliphatic carbocycles. The van der Waals surface area contributed by atoms with Gasteiger partial charge in [-0.15, -0.1) is 0 Å². The minimum absolute atomic E-state index is 0.369. The summed E-state index contributed by atoms with van der Waals surface area (Å²) in [6, 6.07) is 6.16. The molecular formula is C15H15N7. The van der Waals surface area contributed by atoms with E-state index in [1.165, 1.54) is 6.33 Å². The van der Waals surface area contributed by atoms with Gasteiger partial charge in [-0.1, -0.05) is 13.8 Å². The molecule has 0 unspecified atom stereocenters. The summed E-state index contributed by atoms with van der Waals surface area (Å²) < 4.78 is 3.58. The first-order valence-corrected chi connectivity index (χ1v) is 7.07. The molecule has 0 aliphatic heterocycles. The largest absolute Gasteiger partial charge is 0.381 e. The highest BCUT2D eigenvalue weighted by molar-refractivity contribution is 5.71. The summed E-state index contributed by atoms with van der Waals surface area (Å²) in [5.74, 6) is 0.764. The van der Waals surface area contributed by atoms with Crippen LogP contribution in [0.2, 0.25) is 0 Å². The molecule has 7 nitrogen and oxygen atoms in total. The van der Waals surface area contributed by atoms with Crippen molar-refractivity contribution < 1.29 is 0 Å². The van der Waals surface area contributed by atoms with Crippen molar-refractivity contribution in [3.05, 3.63) is 42.6 Å². The molecule has 0 bridgehead atoms. The minimum atomic E-state index is 0.369. The number of anilines is 1. The monoisotopic (exact) mass is 293 g/mol. The molecule has 0 amide bonds. The number of nitrogens with zero attached hydrogens (tertiary/aromatic N) is 6. The van der Waals surface area contributed by atoms with Crippen molar-refractivity contribution in [2.45, 2.75) is 19.8 Å². The molecule has 0 radical (unpaired) electrons. The first-order chi connectivity index (χ1) is 10.6. The maximum absolute atomic E-state index is 5.83. The van der Waals surface area contributed by atoms with Gasteiger partial charge < -0.3 is 5.73 Å². The lowest BCUT2D eigenvalue weighted by Crippen LogP contribution is -2.00. The van der Waals surface area contributed by atoms with Crippen LogP contribution >= 0.6 is 0 Å². The van der Waals surface area contributed by atoms with Gasteiger partial charge in [0, 0.05) is 11.8 Å². The molecule has 110 valence electrons. The molecule has 0 fully saturated rings. The number of nitrogens with two attached hydrogens (primary N) is 1. The van der Waals surface area contributed by atoms with Gasteiger partial charge in [0.15, 0.2) is 11.5 Å². The normalized spacial score (nSPS) is 11.8. The summed E-state index contributed by atoms with van der Waals surface area (Å²) >= 11 is 0. The predicted molar refractivity (Wildman–Crippen MR) is 83.5 cm³/mol. The molecule has 0 aliphatic rings. The topological polar surface area (TPSA) is 86.4 Å². The van der Waals surface area contributed by atoms with Crippen molar-refractivity contribution in [3.8, 4) is 11.3 Å². The first-order valence-electron chi connectivity index (χ1n) is 7.07. The zero-order valence-electron chi connectivity index (χ0n) is 12.3. The minimum Gasteiger partial charge on any atom is -0.381 e. The molecule has 22 heavy (non-hydrogen) atoms. The Hall–Kier alpha value is -2.96. The fraction of sp³-hybridized carbons (Fsp3) is 0.200. The number of pyridine rings is 1. The Morgan fingerprint density at radius 1 is 1.18 bits per heavy atom. The van der Waals surface area contributed by atoms with Crippen LogP contribution in [-0.2, 0) is 0 Å². The van der Waals surface area contributed by atoms with E-state index in [9.17, 15) is 0 Å². The second kappa shape index (κ2) is 4.52. The molecule has 4 aromatic rings. The predicted octanol–water partition coefficient (Wildman–Crippen LogP) is 2.14. The molecular weight excluding hydrogens is 278 g/mol. The number of fused-ring (bicyclic) bond motifs is 2. The van der Waals surface area contributed by atoms with Gasteiger partial charge in [-0.2, -0.15) is 10.2 Å². The van der Waals surface area contributed by atoms with Gasteiger partial charge in [0.1, 0.15) is 6.33 Å². The third-order valence-corrected chi connectivity index (χ3v) is 3.70. The summed E-state index contributed by atoms with van der Waals surface area (Å²) in [6.07, 6.45) is 5.13. The quantitative estimate of drug-likeness (QED) is 0.612. The highest BCUT2D eigenvalue weighted by Crippen LogP contribution is 2.24. The summed E-state index contributed by atoms with van der Waals surface area (Å²) in [5, 5.41) is 8.79. The van der Waals surface area contributed by atoms with E-state index in [2.05, 4.69) is 46.1 Å². The Kier molecular flexibility index (Phi) is 2.62. The van der Waals surface area contributed by atoms with Crippen LogP contribution in [0.1, 0.15) is 25.5 Å². The molecule has 0 saturated carbocycles. The van der Waals surface area contributed by atoms with Crippen LogP contribution in [0, 0.1) is 0 Å². The number of hydrogen-bond donors (Lipinski definition) is 1. The van der Waals surface area contributed by atoms with E-state index < -0.39 is 0 Å². The molecule has 0 saturated heterocycles. The van der Waals surface area contributed by atoms with Gasteiger partial charge >= 0.3 is 0 Å². The third-order valence-electron chi connectivity index (χ3n) is 3.70. The Morgan fingerprint density at radius 2 is 2.05 bits per heavy atom. The maximum Gasteiger partial charge on any atom is 0.197 e. The molecule has 4 aromatic heterocycles. The van der Waals surface area contributed by atoms with Gasteiger partial charge in [0.05, 0.1) is 23.1 Å². The van der Waals surface area contributed by atoms with Gasteiger partial charge in [-0.05, 0) is 24.1 Å². The molecule has 0 spiro atoms. The Bertz CT molecular complexity index is 980. The average molecular weight is 293 g/mol. The molecule has 0 atom stereocenters. The lowest BCUT2D eigenvalue weighted by Gasteiger charge is -2.02. The highest BCUT2D eigenvalue weighted by Gasteiger charge is 2.11. The summed E-state index contributed by atoms with van der Waals surface area (Å²) in [5.41, 5.74) is 10.4. The van der Waals surface area contributed by atoms with E-state index in [-0.39, 0.29) is 0 Å². The Labute approximate surface area is 126 Å². The van der Waals surface area contributed by atoms with Gasteiger partial charge in [0.2, 0.25) is 0 Å². The van der Waals surface area contributed by atoms with E-state index in [4.69, 9.17) is 5.73 Å². The van der Waals surface area contributed by atoms with Crippen LogP contribution in [0.4, 0.5) is 5.82 Å². The third kappa shape index (κ3) is 1.82. The maximum atomic E-state index is 5.83. The van der Waals surface area contributed by atoms with E-state index in [1.807, 2.05) is 16.8 Å². The van der Waals surface area contributed by atoms with Crippen molar-refractivity contribution in [1.82, 2.24) is 29.2 Å². The van der Waals surface area contributed by atoms with E-state index in [1.54, 1.807) is 10.7 Å². The molecule has 7 heteroatoms. The van der Waals surface area contributed by atoms with E-state index in [0.717, 1.165) is 22.5 Å². The van der Waals surface area contributed by atoms with Gasteiger partial charge in [0.25, 0.3) is 0 Å². The summed E-state index contributed by atoms with van der Waals surface area (Å²) in [4.78, 5) is 8.25. The van der Waals surface area contributed by atoms with Gasteiger partial charge in [-0.3, -0.25) is 0 Å². The van der Waals surface area contributed by atoms with Crippen molar-refractivity contribution >= 4 is 17.0 Å². The fourth-order valence-electron chi connectivity index (χ4n) is 2.49. The van der Waals surface area contributed by atoms with Crippen molar-refractivity contribution in [2.75, 3.05) is 5.73 Å². The number of nitrogen functional groups attached to an aromatic ring is 1. The van der Waals surface area contributed by atoms with Crippen LogP contribution in [0.5, 0.6) is 0 Å².